The van der Waals surface area contributed by atoms with Gasteiger partial charge in [0.2, 0.25) is 0 Å². The minimum Gasteiger partial charge on any atom is -0.487 e. The van der Waals surface area contributed by atoms with E-state index in [0.717, 1.165) is 42.5 Å². The standard InChI is InChI=1S/C24H28N4O.HI/c1-2-25-24(27-16-14-20-9-4-3-5-10-20)28-18-21-11-8-13-23(17-21)29-19-22-12-6-7-15-26-22;/h3-13,15,17H,2,14,16,18-19H2,1H3,(H2,25,27,28);1H. The van der Waals surface area contributed by atoms with E-state index >= 15 is 0 Å². The van der Waals surface area contributed by atoms with Crippen LogP contribution < -0.4 is 15.4 Å². The van der Waals surface area contributed by atoms with E-state index in [1.54, 1.807) is 6.20 Å². The van der Waals surface area contributed by atoms with Crippen molar-refractivity contribution in [3.05, 3.63) is 95.8 Å². The molecule has 3 aromatic rings. The van der Waals surface area contributed by atoms with Gasteiger partial charge in [-0.1, -0.05) is 48.5 Å². The zero-order chi connectivity index (χ0) is 20.2. The van der Waals surface area contributed by atoms with Crippen LogP contribution in [0.3, 0.4) is 0 Å². The van der Waals surface area contributed by atoms with Gasteiger partial charge in [0, 0.05) is 19.3 Å². The first-order chi connectivity index (χ1) is 14.3. The predicted molar refractivity (Wildman–Crippen MR) is 133 cm³/mol. The molecule has 0 radical (unpaired) electrons. The van der Waals surface area contributed by atoms with Crippen LogP contribution in [-0.2, 0) is 19.6 Å². The van der Waals surface area contributed by atoms with Gasteiger partial charge in [0.05, 0.1) is 12.2 Å². The topological polar surface area (TPSA) is 58.5 Å². The third-order valence-electron chi connectivity index (χ3n) is 4.32. The molecule has 0 saturated carbocycles. The summed E-state index contributed by atoms with van der Waals surface area (Å²) in [5.41, 5.74) is 3.32. The van der Waals surface area contributed by atoms with E-state index in [9.17, 15) is 0 Å². The number of rotatable bonds is 9. The van der Waals surface area contributed by atoms with Crippen LogP contribution in [0.5, 0.6) is 5.75 Å². The first-order valence-electron chi connectivity index (χ1n) is 10.0. The Morgan fingerprint density at radius 2 is 1.73 bits per heavy atom. The SMILES string of the molecule is CCNC(=NCc1cccc(OCc2ccccn2)c1)NCCc1ccccc1.I. The molecule has 2 N–H and O–H groups in total. The molecule has 0 aliphatic rings. The van der Waals surface area contributed by atoms with Crippen molar-refractivity contribution in [2.45, 2.75) is 26.5 Å². The van der Waals surface area contributed by atoms with Gasteiger partial charge in [0.25, 0.3) is 0 Å². The van der Waals surface area contributed by atoms with Crippen molar-refractivity contribution >= 4 is 29.9 Å². The molecule has 0 fully saturated rings. The molecule has 0 spiro atoms. The molecule has 2 aromatic carbocycles. The van der Waals surface area contributed by atoms with Gasteiger partial charge in [-0.2, -0.15) is 0 Å². The number of pyridine rings is 1. The molecule has 0 aliphatic carbocycles. The number of aliphatic imine (C=N–C) groups is 1. The van der Waals surface area contributed by atoms with E-state index in [2.05, 4.69) is 52.9 Å². The number of benzene rings is 2. The molecular weight excluding hydrogens is 487 g/mol. The predicted octanol–water partition coefficient (Wildman–Crippen LogP) is 4.58. The first-order valence-corrected chi connectivity index (χ1v) is 10.0. The summed E-state index contributed by atoms with van der Waals surface area (Å²) in [5.74, 6) is 1.65. The Labute approximate surface area is 196 Å². The molecule has 1 aromatic heterocycles. The molecule has 5 nitrogen and oxygen atoms in total. The lowest BCUT2D eigenvalue weighted by Crippen LogP contribution is -2.38. The largest absolute Gasteiger partial charge is 0.487 e. The fourth-order valence-corrected chi connectivity index (χ4v) is 2.86. The number of guanidine groups is 1. The fourth-order valence-electron chi connectivity index (χ4n) is 2.86. The number of nitrogens with zero attached hydrogens (tertiary/aromatic N) is 2. The summed E-state index contributed by atoms with van der Waals surface area (Å²) in [7, 11) is 0. The third-order valence-corrected chi connectivity index (χ3v) is 4.32. The Kier molecular flexibility index (Phi) is 10.7. The summed E-state index contributed by atoms with van der Waals surface area (Å²) >= 11 is 0. The van der Waals surface area contributed by atoms with Crippen LogP contribution in [0.2, 0.25) is 0 Å². The highest BCUT2D eigenvalue weighted by Crippen LogP contribution is 2.15. The van der Waals surface area contributed by atoms with Crippen molar-refractivity contribution in [2.75, 3.05) is 13.1 Å². The Morgan fingerprint density at radius 1 is 0.933 bits per heavy atom. The molecule has 0 aliphatic heterocycles. The molecule has 0 saturated heterocycles. The molecule has 158 valence electrons. The van der Waals surface area contributed by atoms with Crippen molar-refractivity contribution in [3.63, 3.8) is 0 Å². The molecule has 0 unspecified atom stereocenters. The van der Waals surface area contributed by atoms with E-state index in [-0.39, 0.29) is 24.0 Å². The van der Waals surface area contributed by atoms with E-state index < -0.39 is 0 Å². The molecule has 0 atom stereocenters. The Balaban J connectivity index is 0.00000320. The van der Waals surface area contributed by atoms with Gasteiger partial charge in [0.1, 0.15) is 12.4 Å². The molecular formula is C24H29IN4O. The van der Waals surface area contributed by atoms with Crippen LogP contribution >= 0.6 is 24.0 Å². The van der Waals surface area contributed by atoms with Crippen LogP contribution in [0.1, 0.15) is 23.7 Å². The second-order valence-corrected chi connectivity index (χ2v) is 6.61. The summed E-state index contributed by atoms with van der Waals surface area (Å²) in [5, 5.41) is 6.70. The van der Waals surface area contributed by atoms with E-state index in [1.807, 2.05) is 42.5 Å². The van der Waals surface area contributed by atoms with Crippen LogP contribution in [-0.4, -0.2) is 24.0 Å². The smallest absolute Gasteiger partial charge is 0.191 e. The quantitative estimate of drug-likeness (QED) is 0.249. The van der Waals surface area contributed by atoms with E-state index in [1.165, 1.54) is 5.56 Å². The average molecular weight is 516 g/mol. The van der Waals surface area contributed by atoms with Crippen LogP contribution in [0, 0.1) is 0 Å². The van der Waals surface area contributed by atoms with Gasteiger partial charge in [-0.3, -0.25) is 4.98 Å². The van der Waals surface area contributed by atoms with Crippen molar-refractivity contribution in [3.8, 4) is 5.75 Å². The van der Waals surface area contributed by atoms with Gasteiger partial charge < -0.3 is 15.4 Å². The monoisotopic (exact) mass is 516 g/mol. The average Bonchev–Trinajstić information content (AvgIpc) is 2.78. The second kappa shape index (κ2) is 13.6. The van der Waals surface area contributed by atoms with Gasteiger partial charge in [-0.15, -0.1) is 24.0 Å². The second-order valence-electron chi connectivity index (χ2n) is 6.61. The Bertz CT molecular complexity index is 888. The maximum absolute atomic E-state index is 5.86. The van der Waals surface area contributed by atoms with Gasteiger partial charge in [-0.25, -0.2) is 4.99 Å². The van der Waals surface area contributed by atoms with E-state index in [4.69, 9.17) is 9.73 Å². The van der Waals surface area contributed by atoms with E-state index in [0.29, 0.717) is 13.2 Å². The number of nitrogens with one attached hydrogen (secondary N) is 2. The number of hydrogen-bond donors (Lipinski definition) is 2. The van der Waals surface area contributed by atoms with Gasteiger partial charge in [0.15, 0.2) is 5.96 Å². The zero-order valence-electron chi connectivity index (χ0n) is 17.3. The molecule has 30 heavy (non-hydrogen) atoms. The number of aromatic nitrogens is 1. The normalized spacial score (nSPS) is 10.8. The minimum atomic E-state index is 0. The van der Waals surface area contributed by atoms with Gasteiger partial charge in [-0.05, 0) is 48.7 Å². The van der Waals surface area contributed by atoms with Crippen molar-refractivity contribution < 1.29 is 4.74 Å². The van der Waals surface area contributed by atoms with Gasteiger partial charge >= 0.3 is 0 Å². The lowest BCUT2D eigenvalue weighted by Gasteiger charge is -2.12. The zero-order valence-corrected chi connectivity index (χ0v) is 19.6. The first kappa shape index (κ1) is 23.7. The summed E-state index contributed by atoms with van der Waals surface area (Å²) in [6.07, 6.45) is 2.74. The summed E-state index contributed by atoms with van der Waals surface area (Å²) in [4.78, 5) is 8.98. The molecule has 6 heteroatoms. The molecule has 0 bridgehead atoms. The lowest BCUT2D eigenvalue weighted by atomic mass is 10.1. The summed E-state index contributed by atoms with van der Waals surface area (Å²) in [6.45, 7) is 4.77. The Hall–Kier alpha value is -2.61. The lowest BCUT2D eigenvalue weighted by molar-refractivity contribution is 0.301. The number of halogens is 1. The fraction of sp³-hybridized carbons (Fsp3) is 0.250. The summed E-state index contributed by atoms with van der Waals surface area (Å²) < 4.78 is 5.86. The summed E-state index contributed by atoms with van der Waals surface area (Å²) in [6, 6.07) is 24.3. The highest BCUT2D eigenvalue weighted by atomic mass is 127. The minimum absolute atomic E-state index is 0. The maximum Gasteiger partial charge on any atom is 0.191 e. The van der Waals surface area contributed by atoms with Crippen LogP contribution in [0.15, 0.2) is 84.0 Å². The van der Waals surface area contributed by atoms with Crippen molar-refractivity contribution in [2.24, 2.45) is 4.99 Å². The highest BCUT2D eigenvalue weighted by molar-refractivity contribution is 14.0. The maximum atomic E-state index is 5.86. The Morgan fingerprint density at radius 3 is 2.50 bits per heavy atom. The number of hydrogen-bond acceptors (Lipinski definition) is 3. The number of ether oxygens (including phenoxy) is 1. The van der Waals surface area contributed by atoms with Crippen LogP contribution in [0.4, 0.5) is 0 Å². The molecule has 3 rings (SSSR count). The van der Waals surface area contributed by atoms with Crippen molar-refractivity contribution in [1.82, 2.24) is 15.6 Å². The third kappa shape index (κ3) is 8.41. The van der Waals surface area contributed by atoms with Crippen molar-refractivity contribution in [1.29, 1.82) is 0 Å². The highest BCUT2D eigenvalue weighted by Gasteiger charge is 2.01. The van der Waals surface area contributed by atoms with Crippen LogP contribution in [0.25, 0.3) is 0 Å². The molecule has 1 heterocycles. The molecule has 0 amide bonds.